The second-order valence-corrected chi connectivity index (χ2v) is 7.55. The normalized spacial score (nSPS) is 10.7. The summed E-state index contributed by atoms with van der Waals surface area (Å²) in [5.41, 5.74) is 2.46. The van der Waals surface area contributed by atoms with E-state index in [1.807, 2.05) is 6.07 Å². The van der Waals surface area contributed by atoms with Crippen LogP contribution in [0.3, 0.4) is 0 Å². The van der Waals surface area contributed by atoms with E-state index < -0.39 is 30.1 Å². The maximum absolute atomic E-state index is 14.0. The number of nitrogens with one attached hydrogen (secondary N) is 1. The van der Waals surface area contributed by atoms with Gasteiger partial charge in [0.25, 0.3) is 5.91 Å². The summed E-state index contributed by atoms with van der Waals surface area (Å²) in [5, 5.41) is 20.3. The third-order valence-corrected chi connectivity index (χ3v) is 5.36. The average Bonchev–Trinajstić information content (AvgIpc) is 3.35. The van der Waals surface area contributed by atoms with Crippen molar-refractivity contribution >= 4 is 22.8 Å². The largest absolute Gasteiger partial charge is 0.489 e. The van der Waals surface area contributed by atoms with E-state index in [4.69, 9.17) is 14.3 Å². The van der Waals surface area contributed by atoms with E-state index in [9.17, 15) is 23.6 Å². The van der Waals surface area contributed by atoms with Gasteiger partial charge < -0.3 is 19.6 Å². The maximum atomic E-state index is 14.0. The molecule has 0 fully saturated rings. The molecule has 0 aliphatic heterocycles. The van der Waals surface area contributed by atoms with Crippen molar-refractivity contribution in [2.24, 2.45) is 0 Å². The minimum atomic E-state index is -1.18. The fourth-order valence-electron chi connectivity index (χ4n) is 3.70. The maximum Gasteiger partial charge on any atom is 0.322 e. The molecule has 3 aromatic carbocycles. The van der Waals surface area contributed by atoms with Crippen LogP contribution in [0.5, 0.6) is 5.75 Å². The van der Waals surface area contributed by atoms with Gasteiger partial charge in [0.15, 0.2) is 11.6 Å². The van der Waals surface area contributed by atoms with E-state index in [1.165, 1.54) is 18.4 Å². The lowest BCUT2D eigenvalue weighted by Gasteiger charge is -2.14. The third-order valence-electron chi connectivity index (χ3n) is 5.36. The van der Waals surface area contributed by atoms with Crippen LogP contribution >= 0.6 is 0 Å². The van der Waals surface area contributed by atoms with Crippen molar-refractivity contribution < 1.29 is 32.6 Å². The zero-order valence-electron chi connectivity index (χ0n) is 18.2. The Bertz CT molecular complexity index is 1460. The number of amides is 1. The van der Waals surface area contributed by atoms with Crippen LogP contribution in [-0.2, 0) is 17.8 Å². The standard InChI is InChI=1S/C26H18F2N2O5/c27-22-12-21(25-20(24(22)28)9-11-34-25)15-4-6-17(7-5-15)35-14-16-2-1-3-19(18(16)8-10-29)26(33)30-13-23(31)32/h1-7,9,11-12H,8,13-14H2,(H,30,33)(H,31,32). The molecule has 0 radical (unpaired) electrons. The highest BCUT2D eigenvalue weighted by Gasteiger charge is 2.17. The van der Waals surface area contributed by atoms with Crippen molar-refractivity contribution in [3.05, 3.63) is 89.2 Å². The summed E-state index contributed by atoms with van der Waals surface area (Å²) >= 11 is 0. The van der Waals surface area contributed by atoms with Gasteiger partial charge in [0.2, 0.25) is 0 Å². The van der Waals surface area contributed by atoms with Gasteiger partial charge in [0, 0.05) is 11.1 Å². The summed E-state index contributed by atoms with van der Waals surface area (Å²) < 4.78 is 39.2. The van der Waals surface area contributed by atoms with Gasteiger partial charge in [-0.15, -0.1) is 0 Å². The molecule has 0 aliphatic rings. The molecular formula is C26H18F2N2O5. The SMILES string of the molecule is N#CCc1c(COc2ccc(-c3cc(F)c(F)c4ccoc34)cc2)cccc1C(=O)NCC(=O)O. The van der Waals surface area contributed by atoms with E-state index in [0.717, 1.165) is 6.07 Å². The number of fused-ring (bicyclic) bond motifs is 1. The fraction of sp³-hybridized carbons (Fsp3) is 0.115. The number of carboxylic acids is 1. The van der Waals surface area contributed by atoms with Crippen LogP contribution in [0.25, 0.3) is 22.1 Å². The zero-order valence-corrected chi connectivity index (χ0v) is 18.2. The number of furan rings is 1. The molecule has 0 saturated heterocycles. The number of rotatable bonds is 8. The molecule has 1 amide bonds. The number of ether oxygens (including phenoxy) is 1. The molecule has 0 atom stereocenters. The molecule has 7 nitrogen and oxygen atoms in total. The van der Waals surface area contributed by atoms with Crippen molar-refractivity contribution in [1.82, 2.24) is 5.32 Å². The molecule has 4 rings (SSSR count). The molecule has 9 heteroatoms. The van der Waals surface area contributed by atoms with E-state index in [1.54, 1.807) is 36.4 Å². The number of nitrogens with zero attached hydrogens (tertiary/aromatic N) is 1. The first-order valence-electron chi connectivity index (χ1n) is 10.4. The van der Waals surface area contributed by atoms with Crippen LogP contribution in [0.1, 0.15) is 21.5 Å². The Morgan fingerprint density at radius 2 is 1.89 bits per heavy atom. The van der Waals surface area contributed by atoms with Gasteiger partial charge in [-0.1, -0.05) is 24.3 Å². The van der Waals surface area contributed by atoms with Crippen molar-refractivity contribution in [3.8, 4) is 22.9 Å². The zero-order chi connectivity index (χ0) is 24.9. The van der Waals surface area contributed by atoms with Crippen molar-refractivity contribution in [1.29, 1.82) is 5.26 Å². The van der Waals surface area contributed by atoms with Gasteiger partial charge in [-0.3, -0.25) is 9.59 Å². The average molecular weight is 476 g/mol. The third kappa shape index (κ3) is 4.96. The van der Waals surface area contributed by atoms with Crippen LogP contribution in [0, 0.1) is 23.0 Å². The Balaban J connectivity index is 1.54. The number of halogens is 2. The predicted octanol–water partition coefficient (Wildman–Crippen LogP) is 4.84. The molecule has 0 aliphatic carbocycles. The first kappa shape index (κ1) is 23.4. The lowest BCUT2D eigenvalue weighted by molar-refractivity contribution is -0.135. The predicted molar refractivity (Wildman–Crippen MR) is 122 cm³/mol. The molecule has 4 aromatic rings. The molecule has 176 valence electrons. The quantitative estimate of drug-likeness (QED) is 0.376. The minimum Gasteiger partial charge on any atom is -0.489 e. The Kier molecular flexibility index (Phi) is 6.73. The molecule has 1 aromatic heterocycles. The van der Waals surface area contributed by atoms with Gasteiger partial charge >= 0.3 is 5.97 Å². The number of carboxylic acid groups (broad SMARTS) is 1. The molecule has 0 bridgehead atoms. The summed E-state index contributed by atoms with van der Waals surface area (Å²) in [4.78, 5) is 23.1. The smallest absolute Gasteiger partial charge is 0.322 e. The number of aliphatic carboxylic acids is 1. The van der Waals surface area contributed by atoms with Gasteiger partial charge in [0.05, 0.1) is 24.1 Å². The molecule has 0 saturated carbocycles. The van der Waals surface area contributed by atoms with Gasteiger partial charge in [-0.25, -0.2) is 8.78 Å². The molecule has 1 heterocycles. The second kappa shape index (κ2) is 10.1. The van der Waals surface area contributed by atoms with Crippen molar-refractivity contribution in [2.45, 2.75) is 13.0 Å². The molecule has 0 spiro atoms. The highest BCUT2D eigenvalue weighted by molar-refractivity contribution is 5.97. The topological polar surface area (TPSA) is 113 Å². The van der Waals surface area contributed by atoms with E-state index in [-0.39, 0.29) is 29.6 Å². The molecular weight excluding hydrogens is 458 g/mol. The summed E-state index contributed by atoms with van der Waals surface area (Å²) in [7, 11) is 0. The van der Waals surface area contributed by atoms with E-state index in [0.29, 0.717) is 28.0 Å². The fourth-order valence-corrected chi connectivity index (χ4v) is 3.70. The van der Waals surface area contributed by atoms with Crippen molar-refractivity contribution in [3.63, 3.8) is 0 Å². The van der Waals surface area contributed by atoms with Crippen molar-refractivity contribution in [2.75, 3.05) is 6.54 Å². The summed E-state index contributed by atoms with van der Waals surface area (Å²) in [6, 6.07) is 16.0. The van der Waals surface area contributed by atoms with E-state index in [2.05, 4.69) is 5.32 Å². The number of hydrogen-bond donors (Lipinski definition) is 2. The Hall–Kier alpha value is -4.71. The monoisotopic (exact) mass is 476 g/mol. The molecule has 35 heavy (non-hydrogen) atoms. The number of nitriles is 1. The number of benzene rings is 3. The Labute approximate surface area is 198 Å². The van der Waals surface area contributed by atoms with Crippen LogP contribution in [0.15, 0.2) is 65.3 Å². The first-order valence-corrected chi connectivity index (χ1v) is 10.4. The van der Waals surface area contributed by atoms with Crippen LogP contribution in [0.2, 0.25) is 0 Å². The Morgan fingerprint density at radius 3 is 2.60 bits per heavy atom. The number of carbonyl (C=O) groups excluding carboxylic acids is 1. The molecule has 2 N–H and O–H groups in total. The van der Waals surface area contributed by atoms with Gasteiger partial charge in [-0.05, 0) is 47.0 Å². The highest BCUT2D eigenvalue weighted by atomic mass is 19.2. The summed E-state index contributed by atoms with van der Waals surface area (Å²) in [5.74, 6) is -3.26. The van der Waals surface area contributed by atoms with Crippen LogP contribution in [0.4, 0.5) is 8.78 Å². The van der Waals surface area contributed by atoms with Gasteiger partial charge in [-0.2, -0.15) is 5.26 Å². The minimum absolute atomic E-state index is 0.0457. The van der Waals surface area contributed by atoms with E-state index >= 15 is 0 Å². The lowest BCUT2D eigenvalue weighted by Crippen LogP contribution is -2.30. The summed E-state index contributed by atoms with van der Waals surface area (Å²) in [6.45, 7) is -0.496. The van der Waals surface area contributed by atoms with Crippen LogP contribution < -0.4 is 10.1 Å². The first-order chi connectivity index (χ1) is 16.9. The van der Waals surface area contributed by atoms with Crippen LogP contribution in [-0.4, -0.2) is 23.5 Å². The molecule has 0 unspecified atom stereocenters. The summed E-state index contributed by atoms with van der Waals surface area (Å²) in [6.07, 6.45) is 1.23. The lowest BCUT2D eigenvalue weighted by atomic mass is 9.98. The second-order valence-electron chi connectivity index (χ2n) is 7.55. The number of hydrogen-bond acceptors (Lipinski definition) is 5. The number of carbonyl (C=O) groups is 2. The van der Waals surface area contributed by atoms with Gasteiger partial charge in [0.1, 0.15) is 24.5 Å². The highest BCUT2D eigenvalue weighted by Crippen LogP contribution is 2.33. The Morgan fingerprint density at radius 1 is 1.11 bits per heavy atom.